The molecule has 0 unspecified atom stereocenters. The molecule has 0 bridgehead atoms. The van der Waals surface area contributed by atoms with Gasteiger partial charge in [0.2, 0.25) is 5.91 Å². The first-order valence-electron chi connectivity index (χ1n) is 8.94. The number of ether oxygens (including phenoxy) is 1. The summed E-state index contributed by atoms with van der Waals surface area (Å²) in [5, 5.41) is 0. The summed E-state index contributed by atoms with van der Waals surface area (Å²) in [7, 11) is 0. The number of likely N-dealkylation sites (tertiary alicyclic amines) is 1. The van der Waals surface area contributed by atoms with Crippen LogP contribution in [0.2, 0.25) is 0 Å². The smallest absolute Gasteiger partial charge is 0.253 e. The van der Waals surface area contributed by atoms with Crippen LogP contribution in [0.4, 0.5) is 0 Å². The van der Waals surface area contributed by atoms with Gasteiger partial charge in [0.15, 0.2) is 0 Å². The fourth-order valence-corrected chi connectivity index (χ4v) is 3.49. The van der Waals surface area contributed by atoms with E-state index in [9.17, 15) is 9.59 Å². The van der Waals surface area contributed by atoms with Crippen molar-refractivity contribution in [1.29, 1.82) is 0 Å². The summed E-state index contributed by atoms with van der Waals surface area (Å²) >= 11 is 0. The molecule has 0 atom stereocenters. The van der Waals surface area contributed by atoms with E-state index >= 15 is 0 Å². The fraction of sp³-hybridized carbons (Fsp3) is 0.579. The molecule has 1 aromatic carbocycles. The monoisotopic (exact) mass is 330 g/mol. The lowest BCUT2D eigenvalue weighted by atomic mass is 9.91. The molecule has 2 fully saturated rings. The number of morpholine rings is 1. The molecule has 0 saturated carbocycles. The number of carbonyl (C=O) groups is 2. The number of nitrogens with zero attached hydrogens (tertiary/aromatic N) is 2. The van der Waals surface area contributed by atoms with E-state index in [2.05, 4.69) is 0 Å². The lowest BCUT2D eigenvalue weighted by Gasteiger charge is -2.33. The lowest BCUT2D eigenvalue weighted by molar-refractivity contribution is -0.135. The van der Waals surface area contributed by atoms with Gasteiger partial charge in [-0.05, 0) is 37.3 Å². The maximum atomic E-state index is 12.4. The Hall–Kier alpha value is -1.88. The van der Waals surface area contributed by atoms with E-state index in [1.54, 1.807) is 0 Å². The van der Waals surface area contributed by atoms with E-state index in [-0.39, 0.29) is 11.8 Å². The average Bonchev–Trinajstić information content (AvgIpc) is 2.67. The Morgan fingerprint density at radius 3 is 2.29 bits per heavy atom. The van der Waals surface area contributed by atoms with Gasteiger partial charge in [0.1, 0.15) is 0 Å². The van der Waals surface area contributed by atoms with E-state index in [4.69, 9.17) is 4.74 Å². The van der Waals surface area contributed by atoms with E-state index in [1.165, 1.54) is 0 Å². The van der Waals surface area contributed by atoms with Crippen LogP contribution < -0.4 is 0 Å². The van der Waals surface area contributed by atoms with Crippen molar-refractivity contribution in [2.75, 3.05) is 39.4 Å². The Morgan fingerprint density at radius 2 is 1.62 bits per heavy atom. The standard InChI is InChI=1S/C19H26N2O3/c22-18(20-12-14-24-15-13-20)7-6-16-8-10-21(11-9-16)19(23)17-4-2-1-3-5-17/h1-5,16H,6-15H2. The molecule has 2 saturated heterocycles. The summed E-state index contributed by atoms with van der Waals surface area (Å²) in [4.78, 5) is 28.5. The van der Waals surface area contributed by atoms with Gasteiger partial charge < -0.3 is 14.5 Å². The van der Waals surface area contributed by atoms with Crippen LogP contribution in [0, 0.1) is 5.92 Å². The Kier molecular flexibility index (Phi) is 5.86. The van der Waals surface area contributed by atoms with Crippen molar-refractivity contribution in [3.8, 4) is 0 Å². The van der Waals surface area contributed by atoms with Gasteiger partial charge in [-0.1, -0.05) is 18.2 Å². The number of hydrogen-bond acceptors (Lipinski definition) is 3. The SMILES string of the molecule is O=C(CCC1CCN(C(=O)c2ccccc2)CC1)N1CCOCC1. The molecule has 2 aliphatic heterocycles. The molecule has 5 heteroatoms. The maximum absolute atomic E-state index is 12.4. The van der Waals surface area contributed by atoms with E-state index in [0.717, 1.165) is 51.0 Å². The third kappa shape index (κ3) is 4.35. The van der Waals surface area contributed by atoms with E-state index in [1.807, 2.05) is 40.1 Å². The van der Waals surface area contributed by atoms with Crippen LogP contribution >= 0.6 is 0 Å². The predicted octanol–water partition coefficient (Wildman–Crippen LogP) is 2.18. The summed E-state index contributed by atoms with van der Waals surface area (Å²) in [6.45, 7) is 4.36. The van der Waals surface area contributed by atoms with Crippen LogP contribution in [0.3, 0.4) is 0 Å². The molecule has 2 aliphatic rings. The molecule has 0 aliphatic carbocycles. The van der Waals surface area contributed by atoms with Crippen molar-refractivity contribution in [2.45, 2.75) is 25.7 Å². The quantitative estimate of drug-likeness (QED) is 0.850. The van der Waals surface area contributed by atoms with Gasteiger partial charge >= 0.3 is 0 Å². The van der Waals surface area contributed by atoms with Gasteiger partial charge in [-0.15, -0.1) is 0 Å². The van der Waals surface area contributed by atoms with Gasteiger partial charge in [0, 0.05) is 38.2 Å². The molecule has 130 valence electrons. The summed E-state index contributed by atoms with van der Waals surface area (Å²) in [5.74, 6) is 0.925. The Bertz CT molecular complexity index is 547. The Morgan fingerprint density at radius 1 is 0.958 bits per heavy atom. The molecule has 2 heterocycles. The highest BCUT2D eigenvalue weighted by atomic mass is 16.5. The fourth-order valence-electron chi connectivity index (χ4n) is 3.49. The number of rotatable bonds is 4. The van der Waals surface area contributed by atoms with Crippen molar-refractivity contribution >= 4 is 11.8 Å². The largest absolute Gasteiger partial charge is 0.378 e. The van der Waals surface area contributed by atoms with Crippen LogP contribution in [0.25, 0.3) is 0 Å². The number of hydrogen-bond donors (Lipinski definition) is 0. The van der Waals surface area contributed by atoms with Gasteiger partial charge in [-0.2, -0.15) is 0 Å². The van der Waals surface area contributed by atoms with Gasteiger partial charge in [0.25, 0.3) is 5.91 Å². The molecule has 1 aromatic rings. The minimum absolute atomic E-state index is 0.124. The second-order valence-electron chi connectivity index (χ2n) is 6.63. The summed E-state index contributed by atoms with van der Waals surface area (Å²) in [6, 6.07) is 9.47. The van der Waals surface area contributed by atoms with Crippen LogP contribution in [0.1, 0.15) is 36.0 Å². The highest BCUT2D eigenvalue weighted by molar-refractivity contribution is 5.94. The summed E-state index contributed by atoms with van der Waals surface area (Å²) in [6.07, 6.45) is 3.55. The first kappa shape index (κ1) is 17.0. The number of piperidine rings is 1. The molecule has 3 rings (SSSR count). The maximum Gasteiger partial charge on any atom is 0.253 e. The molecule has 5 nitrogen and oxygen atoms in total. The van der Waals surface area contributed by atoms with Crippen LogP contribution in [-0.4, -0.2) is 61.0 Å². The third-order valence-corrected chi connectivity index (χ3v) is 5.05. The number of carbonyl (C=O) groups excluding carboxylic acids is 2. The molecular weight excluding hydrogens is 304 g/mol. The van der Waals surface area contributed by atoms with Crippen molar-refractivity contribution < 1.29 is 14.3 Å². The summed E-state index contributed by atoms with van der Waals surface area (Å²) in [5.41, 5.74) is 0.762. The molecule has 0 aromatic heterocycles. The van der Waals surface area contributed by atoms with E-state index < -0.39 is 0 Å². The molecular formula is C19H26N2O3. The van der Waals surface area contributed by atoms with Crippen LogP contribution in [-0.2, 0) is 9.53 Å². The van der Waals surface area contributed by atoms with Gasteiger partial charge in [-0.25, -0.2) is 0 Å². The van der Waals surface area contributed by atoms with Crippen molar-refractivity contribution in [2.24, 2.45) is 5.92 Å². The van der Waals surface area contributed by atoms with Crippen molar-refractivity contribution in [1.82, 2.24) is 9.80 Å². The number of amides is 2. The number of benzene rings is 1. The zero-order chi connectivity index (χ0) is 16.8. The summed E-state index contributed by atoms with van der Waals surface area (Å²) < 4.78 is 5.28. The zero-order valence-corrected chi connectivity index (χ0v) is 14.2. The first-order valence-corrected chi connectivity index (χ1v) is 8.94. The molecule has 0 spiro atoms. The Labute approximate surface area is 143 Å². The molecule has 0 N–H and O–H groups in total. The highest BCUT2D eigenvalue weighted by Gasteiger charge is 2.25. The Balaban J connectivity index is 1.40. The molecule has 0 radical (unpaired) electrons. The zero-order valence-electron chi connectivity index (χ0n) is 14.2. The molecule has 24 heavy (non-hydrogen) atoms. The van der Waals surface area contributed by atoms with Crippen molar-refractivity contribution in [3.63, 3.8) is 0 Å². The lowest BCUT2D eigenvalue weighted by Crippen LogP contribution is -2.41. The van der Waals surface area contributed by atoms with Crippen molar-refractivity contribution in [3.05, 3.63) is 35.9 Å². The molecule has 2 amide bonds. The van der Waals surface area contributed by atoms with Crippen LogP contribution in [0.5, 0.6) is 0 Å². The second kappa shape index (κ2) is 8.29. The third-order valence-electron chi connectivity index (χ3n) is 5.05. The minimum atomic E-state index is 0.124. The van der Waals surface area contributed by atoms with Crippen LogP contribution in [0.15, 0.2) is 30.3 Å². The van der Waals surface area contributed by atoms with Gasteiger partial charge in [0.05, 0.1) is 13.2 Å². The average molecular weight is 330 g/mol. The first-order chi connectivity index (χ1) is 11.7. The minimum Gasteiger partial charge on any atom is -0.378 e. The van der Waals surface area contributed by atoms with E-state index in [0.29, 0.717) is 25.6 Å². The predicted molar refractivity (Wildman–Crippen MR) is 91.7 cm³/mol. The van der Waals surface area contributed by atoms with Gasteiger partial charge in [-0.3, -0.25) is 9.59 Å². The second-order valence-corrected chi connectivity index (χ2v) is 6.63. The normalized spacial score (nSPS) is 19.3. The highest BCUT2D eigenvalue weighted by Crippen LogP contribution is 2.23. The topological polar surface area (TPSA) is 49.9 Å².